The molecule has 0 aliphatic rings. The lowest BCUT2D eigenvalue weighted by atomic mass is 10.2. The number of fused-ring (bicyclic) bond motifs is 1. The molecular weight excluding hydrogens is 312 g/mol. The van der Waals surface area contributed by atoms with E-state index < -0.39 is 0 Å². The van der Waals surface area contributed by atoms with Crippen LogP contribution in [0.25, 0.3) is 16.2 Å². The molecule has 0 amide bonds. The zero-order valence-electron chi connectivity index (χ0n) is 11.6. The molecule has 3 heterocycles. The molecule has 0 fully saturated rings. The van der Waals surface area contributed by atoms with Gasteiger partial charge in [-0.1, -0.05) is 59.5 Å². The molecule has 4 aromatic rings. The summed E-state index contributed by atoms with van der Waals surface area (Å²) in [6, 6.07) is 14.2. The van der Waals surface area contributed by atoms with E-state index in [0.29, 0.717) is 0 Å². The largest absolute Gasteiger partial charge is 0.264 e. The molecule has 0 aliphatic carbocycles. The van der Waals surface area contributed by atoms with Crippen molar-refractivity contribution in [3.63, 3.8) is 0 Å². The second-order valence-electron chi connectivity index (χ2n) is 4.74. The third-order valence-electron chi connectivity index (χ3n) is 3.18. The van der Waals surface area contributed by atoms with Crippen molar-refractivity contribution in [2.45, 2.75) is 10.1 Å². The molecule has 0 saturated heterocycles. The summed E-state index contributed by atoms with van der Waals surface area (Å²) >= 11 is 3.33. The number of thioether (sulfide) groups is 1. The van der Waals surface area contributed by atoms with E-state index in [1.54, 1.807) is 29.3 Å². The van der Waals surface area contributed by atoms with Gasteiger partial charge in [0, 0.05) is 23.7 Å². The highest BCUT2D eigenvalue weighted by molar-refractivity contribution is 8.00. The average Bonchev–Trinajstić information content (AvgIpc) is 3.13. The monoisotopic (exact) mass is 324 g/mol. The first-order valence-electron chi connectivity index (χ1n) is 6.82. The molecule has 0 radical (unpaired) electrons. The third-order valence-corrected chi connectivity index (χ3v) is 5.31. The fourth-order valence-corrected chi connectivity index (χ4v) is 3.98. The van der Waals surface area contributed by atoms with Crippen LogP contribution in [0.3, 0.4) is 0 Å². The quantitative estimate of drug-likeness (QED) is 0.529. The Morgan fingerprint density at radius 3 is 2.77 bits per heavy atom. The van der Waals surface area contributed by atoms with Gasteiger partial charge in [-0.3, -0.25) is 4.98 Å². The van der Waals surface area contributed by atoms with E-state index in [0.717, 1.165) is 26.3 Å². The van der Waals surface area contributed by atoms with Crippen LogP contribution in [-0.2, 0) is 5.75 Å². The predicted octanol–water partition coefficient (Wildman–Crippen LogP) is 4.15. The van der Waals surface area contributed by atoms with Crippen molar-refractivity contribution in [2.24, 2.45) is 0 Å². The summed E-state index contributed by atoms with van der Waals surface area (Å²) in [6.45, 7) is 0. The highest BCUT2D eigenvalue weighted by Crippen LogP contribution is 2.29. The van der Waals surface area contributed by atoms with Crippen molar-refractivity contribution < 1.29 is 0 Å². The Balaban J connectivity index is 1.54. The standard InChI is InChI=1S/C16H12N4S2/c1-2-6-13(7-3-1)14-10-20-15(18-14)22-16(19-20)21-11-12-5-4-8-17-9-12/h1-10H,11H2. The second kappa shape index (κ2) is 5.90. The van der Waals surface area contributed by atoms with E-state index in [9.17, 15) is 0 Å². The number of hydrogen-bond acceptors (Lipinski definition) is 5. The molecule has 0 unspecified atom stereocenters. The summed E-state index contributed by atoms with van der Waals surface area (Å²) < 4.78 is 2.88. The normalized spacial score (nSPS) is 11.1. The summed E-state index contributed by atoms with van der Waals surface area (Å²) in [5.74, 6) is 0.871. The first kappa shape index (κ1) is 13.5. The van der Waals surface area contributed by atoms with Gasteiger partial charge in [0.1, 0.15) is 0 Å². The van der Waals surface area contributed by atoms with E-state index in [1.807, 2.05) is 41.2 Å². The van der Waals surface area contributed by atoms with Crippen molar-refractivity contribution in [1.82, 2.24) is 19.6 Å². The molecule has 0 saturated carbocycles. The average molecular weight is 324 g/mol. The van der Waals surface area contributed by atoms with Gasteiger partial charge in [0.15, 0.2) is 4.34 Å². The van der Waals surface area contributed by atoms with Crippen LogP contribution in [0.1, 0.15) is 5.56 Å². The van der Waals surface area contributed by atoms with Crippen molar-refractivity contribution in [2.75, 3.05) is 0 Å². The number of aromatic nitrogens is 4. The van der Waals surface area contributed by atoms with Crippen molar-refractivity contribution in [1.29, 1.82) is 0 Å². The Hall–Kier alpha value is -2.18. The fraction of sp³-hybridized carbons (Fsp3) is 0.0625. The predicted molar refractivity (Wildman–Crippen MR) is 90.1 cm³/mol. The van der Waals surface area contributed by atoms with E-state index in [2.05, 4.69) is 33.3 Å². The van der Waals surface area contributed by atoms with Gasteiger partial charge in [0.05, 0.1) is 11.9 Å². The molecule has 3 aromatic heterocycles. The lowest BCUT2D eigenvalue weighted by Gasteiger charge is -1.96. The minimum Gasteiger partial charge on any atom is -0.264 e. The summed E-state index contributed by atoms with van der Waals surface area (Å²) in [5.41, 5.74) is 3.28. The SMILES string of the molecule is c1ccc(-c2cn3nc(SCc4cccnc4)sc3n2)cc1. The molecule has 0 aliphatic heterocycles. The Kier molecular flexibility index (Phi) is 3.62. The third kappa shape index (κ3) is 2.75. The van der Waals surface area contributed by atoms with Gasteiger partial charge in [0.2, 0.25) is 4.96 Å². The molecule has 1 aromatic carbocycles. The number of nitrogens with zero attached hydrogens (tertiary/aromatic N) is 4. The number of rotatable bonds is 4. The first-order valence-corrected chi connectivity index (χ1v) is 8.62. The molecule has 108 valence electrons. The smallest absolute Gasteiger partial charge is 0.213 e. The summed E-state index contributed by atoms with van der Waals surface area (Å²) in [7, 11) is 0. The van der Waals surface area contributed by atoms with Crippen molar-refractivity contribution in [3.05, 3.63) is 66.6 Å². The Morgan fingerprint density at radius 1 is 1.09 bits per heavy atom. The molecule has 4 nitrogen and oxygen atoms in total. The van der Waals surface area contributed by atoms with Gasteiger partial charge < -0.3 is 0 Å². The maximum absolute atomic E-state index is 4.65. The molecule has 4 rings (SSSR count). The molecule has 0 spiro atoms. The van der Waals surface area contributed by atoms with Gasteiger partial charge in [-0.2, -0.15) is 0 Å². The zero-order chi connectivity index (χ0) is 14.8. The fourth-order valence-electron chi connectivity index (χ4n) is 2.12. The highest BCUT2D eigenvalue weighted by Gasteiger charge is 2.10. The molecule has 22 heavy (non-hydrogen) atoms. The van der Waals surface area contributed by atoms with Crippen LogP contribution in [0.4, 0.5) is 0 Å². The Labute approximate surface area is 135 Å². The maximum atomic E-state index is 4.65. The topological polar surface area (TPSA) is 43.1 Å². The summed E-state index contributed by atoms with van der Waals surface area (Å²) in [6.07, 6.45) is 5.66. The van der Waals surface area contributed by atoms with Crippen molar-refractivity contribution >= 4 is 28.1 Å². The molecule has 0 atom stereocenters. The molecule has 0 N–H and O–H groups in total. The second-order valence-corrected chi connectivity index (χ2v) is 6.92. The van der Waals surface area contributed by atoms with Crippen LogP contribution in [0.5, 0.6) is 0 Å². The van der Waals surface area contributed by atoms with E-state index in [1.165, 1.54) is 5.56 Å². The van der Waals surface area contributed by atoms with Gasteiger partial charge >= 0.3 is 0 Å². The zero-order valence-corrected chi connectivity index (χ0v) is 13.2. The number of hydrogen-bond donors (Lipinski definition) is 0. The number of benzene rings is 1. The van der Waals surface area contributed by atoms with Gasteiger partial charge in [0.25, 0.3) is 0 Å². The Morgan fingerprint density at radius 2 is 2.00 bits per heavy atom. The van der Waals surface area contributed by atoms with Crippen LogP contribution in [-0.4, -0.2) is 19.6 Å². The molecule has 0 bridgehead atoms. The number of pyridine rings is 1. The van der Waals surface area contributed by atoms with Crippen LogP contribution in [0.2, 0.25) is 0 Å². The lowest BCUT2D eigenvalue weighted by molar-refractivity contribution is 0.915. The van der Waals surface area contributed by atoms with Gasteiger partial charge in [-0.15, -0.1) is 5.10 Å². The van der Waals surface area contributed by atoms with Crippen LogP contribution in [0, 0.1) is 0 Å². The first-order chi connectivity index (χ1) is 10.9. The van der Waals surface area contributed by atoms with Crippen LogP contribution >= 0.6 is 23.1 Å². The van der Waals surface area contributed by atoms with E-state index in [4.69, 9.17) is 0 Å². The van der Waals surface area contributed by atoms with Crippen LogP contribution in [0.15, 0.2) is 65.4 Å². The number of imidazole rings is 1. The summed E-state index contributed by atoms with van der Waals surface area (Å²) in [4.78, 5) is 9.70. The van der Waals surface area contributed by atoms with Crippen molar-refractivity contribution in [3.8, 4) is 11.3 Å². The van der Waals surface area contributed by atoms with E-state index in [-0.39, 0.29) is 0 Å². The lowest BCUT2D eigenvalue weighted by Crippen LogP contribution is -1.83. The molecular formula is C16H12N4S2. The molecule has 6 heteroatoms. The van der Waals surface area contributed by atoms with Gasteiger partial charge in [-0.25, -0.2) is 9.50 Å². The minimum absolute atomic E-state index is 0.871. The van der Waals surface area contributed by atoms with E-state index >= 15 is 0 Å². The van der Waals surface area contributed by atoms with Crippen LogP contribution < -0.4 is 0 Å². The minimum atomic E-state index is 0.871. The van der Waals surface area contributed by atoms with Gasteiger partial charge in [-0.05, 0) is 11.6 Å². The maximum Gasteiger partial charge on any atom is 0.213 e. The summed E-state index contributed by atoms with van der Waals surface area (Å²) in [5, 5.41) is 4.59. The Bertz CT molecular complexity index is 853. The highest BCUT2D eigenvalue weighted by atomic mass is 32.2.